The number of hydrogen-bond acceptors (Lipinski definition) is 5. The second kappa shape index (κ2) is 7.37. The van der Waals surface area contributed by atoms with E-state index in [-0.39, 0.29) is 35.9 Å². The molecule has 0 bridgehead atoms. The van der Waals surface area contributed by atoms with E-state index in [4.69, 9.17) is 10.5 Å². The van der Waals surface area contributed by atoms with Crippen LogP contribution >= 0.6 is 12.4 Å². The molecule has 0 aromatic heterocycles. The van der Waals surface area contributed by atoms with Crippen molar-refractivity contribution >= 4 is 34.0 Å². The van der Waals surface area contributed by atoms with Crippen molar-refractivity contribution in [3.63, 3.8) is 0 Å². The highest BCUT2D eigenvalue weighted by Crippen LogP contribution is 2.31. The lowest BCUT2D eigenvalue weighted by Gasteiger charge is -2.31. The molecule has 1 saturated heterocycles. The molecule has 0 saturated carbocycles. The van der Waals surface area contributed by atoms with Gasteiger partial charge in [-0.3, -0.25) is 4.79 Å². The molecule has 1 unspecified atom stereocenters. The number of anilines is 1. The van der Waals surface area contributed by atoms with Crippen molar-refractivity contribution in [2.75, 3.05) is 37.7 Å². The predicted molar refractivity (Wildman–Crippen MR) is 93.0 cm³/mol. The van der Waals surface area contributed by atoms with Gasteiger partial charge in [0.1, 0.15) is 0 Å². The van der Waals surface area contributed by atoms with Gasteiger partial charge < -0.3 is 15.4 Å². The summed E-state index contributed by atoms with van der Waals surface area (Å²) in [5.41, 5.74) is 7.28. The number of carbonyl (C=O) groups is 1. The number of benzene rings is 1. The molecular weight excluding hydrogens is 354 g/mol. The Morgan fingerprint density at radius 3 is 2.79 bits per heavy atom. The number of sulfonamides is 1. The summed E-state index contributed by atoms with van der Waals surface area (Å²) < 4.78 is 32.5. The summed E-state index contributed by atoms with van der Waals surface area (Å²) >= 11 is 0. The molecule has 2 aliphatic rings. The first-order valence-corrected chi connectivity index (χ1v) is 9.10. The number of halogens is 1. The number of amides is 1. The Bertz CT molecular complexity index is 725. The summed E-state index contributed by atoms with van der Waals surface area (Å²) in [5.74, 6) is -0.0293. The maximum absolute atomic E-state index is 12.8. The lowest BCUT2D eigenvalue weighted by atomic mass is 10.2. The molecule has 7 nitrogen and oxygen atoms in total. The minimum absolute atomic E-state index is 0. The number of ether oxygens (including phenoxy) is 1. The second-order valence-electron chi connectivity index (χ2n) is 5.80. The Labute approximate surface area is 148 Å². The maximum atomic E-state index is 12.8. The zero-order valence-electron chi connectivity index (χ0n) is 13.5. The molecular formula is C15H22ClN3O4S. The monoisotopic (exact) mass is 375 g/mol. The minimum atomic E-state index is -3.57. The molecule has 134 valence electrons. The van der Waals surface area contributed by atoms with Crippen molar-refractivity contribution in [1.82, 2.24) is 4.31 Å². The molecule has 3 rings (SSSR count). The van der Waals surface area contributed by atoms with E-state index in [2.05, 4.69) is 0 Å². The molecule has 1 amide bonds. The number of rotatable bonds is 3. The van der Waals surface area contributed by atoms with Crippen molar-refractivity contribution in [2.24, 2.45) is 5.73 Å². The Balaban J connectivity index is 0.00000208. The van der Waals surface area contributed by atoms with Crippen molar-refractivity contribution in [3.8, 4) is 0 Å². The Morgan fingerprint density at radius 2 is 2.12 bits per heavy atom. The summed E-state index contributed by atoms with van der Waals surface area (Å²) in [6, 6.07) is 4.97. The normalized spacial score (nSPS) is 21.2. The van der Waals surface area contributed by atoms with Crippen LogP contribution in [0.1, 0.15) is 12.5 Å². The van der Waals surface area contributed by atoms with Gasteiger partial charge >= 0.3 is 0 Å². The number of morpholine rings is 1. The van der Waals surface area contributed by atoms with E-state index in [1.54, 1.807) is 23.1 Å². The molecule has 1 aromatic rings. The van der Waals surface area contributed by atoms with Gasteiger partial charge in [0.15, 0.2) is 0 Å². The topological polar surface area (TPSA) is 92.9 Å². The summed E-state index contributed by atoms with van der Waals surface area (Å²) in [6.45, 7) is 3.36. The molecule has 0 aliphatic carbocycles. The first-order chi connectivity index (χ1) is 10.9. The fourth-order valence-electron chi connectivity index (χ4n) is 3.07. The van der Waals surface area contributed by atoms with Crippen LogP contribution in [0.15, 0.2) is 23.1 Å². The van der Waals surface area contributed by atoms with E-state index in [1.165, 1.54) is 11.2 Å². The summed E-state index contributed by atoms with van der Waals surface area (Å²) in [4.78, 5) is 13.5. The molecule has 1 aromatic carbocycles. The molecule has 9 heteroatoms. The third kappa shape index (κ3) is 3.43. The number of nitrogens with zero attached hydrogens (tertiary/aromatic N) is 2. The van der Waals surface area contributed by atoms with Crippen LogP contribution in [0, 0.1) is 0 Å². The Hall–Kier alpha value is -1.19. The lowest BCUT2D eigenvalue weighted by molar-refractivity contribution is -0.116. The van der Waals surface area contributed by atoms with Crippen LogP contribution < -0.4 is 10.6 Å². The fraction of sp³-hybridized carbons (Fsp3) is 0.533. The van der Waals surface area contributed by atoms with Gasteiger partial charge in [-0.25, -0.2) is 8.42 Å². The average molecular weight is 376 g/mol. The van der Waals surface area contributed by atoms with Crippen LogP contribution in [0.25, 0.3) is 0 Å². The quantitative estimate of drug-likeness (QED) is 0.823. The van der Waals surface area contributed by atoms with Gasteiger partial charge in [0.05, 0.1) is 17.6 Å². The number of fused-ring (bicyclic) bond motifs is 1. The standard InChI is InChI=1S/C15H21N3O4S.ClH/c1-11(19)18-5-4-12-8-14(2-3-15(12)18)23(20,21)17-6-7-22-13(9-16)10-17;/h2-3,8,13H,4-7,9-10,16H2,1H3;1H. The fourth-order valence-corrected chi connectivity index (χ4v) is 4.57. The van der Waals surface area contributed by atoms with Crippen LogP contribution in [0.5, 0.6) is 0 Å². The third-order valence-electron chi connectivity index (χ3n) is 4.33. The number of hydrogen-bond donors (Lipinski definition) is 1. The molecule has 2 N–H and O–H groups in total. The van der Waals surface area contributed by atoms with Crippen molar-refractivity contribution in [1.29, 1.82) is 0 Å². The number of nitrogens with two attached hydrogens (primary N) is 1. The highest BCUT2D eigenvalue weighted by Gasteiger charge is 2.32. The summed E-state index contributed by atoms with van der Waals surface area (Å²) in [7, 11) is -3.57. The van der Waals surface area contributed by atoms with Gasteiger partial charge in [-0.1, -0.05) is 0 Å². The van der Waals surface area contributed by atoms with E-state index in [0.717, 1.165) is 11.3 Å². The number of carbonyl (C=O) groups excluding carboxylic acids is 1. The van der Waals surface area contributed by atoms with Crippen LogP contribution in [0.2, 0.25) is 0 Å². The van der Waals surface area contributed by atoms with E-state index in [9.17, 15) is 13.2 Å². The maximum Gasteiger partial charge on any atom is 0.243 e. The zero-order chi connectivity index (χ0) is 16.6. The average Bonchev–Trinajstić information content (AvgIpc) is 2.98. The zero-order valence-corrected chi connectivity index (χ0v) is 15.1. The molecule has 2 aliphatic heterocycles. The van der Waals surface area contributed by atoms with Gasteiger partial charge in [0.2, 0.25) is 15.9 Å². The Kier molecular flexibility index (Phi) is 5.87. The second-order valence-corrected chi connectivity index (χ2v) is 7.74. The van der Waals surface area contributed by atoms with E-state index in [0.29, 0.717) is 32.7 Å². The largest absolute Gasteiger partial charge is 0.374 e. The van der Waals surface area contributed by atoms with Gasteiger partial charge in [-0.15, -0.1) is 12.4 Å². The molecule has 1 atom stereocenters. The van der Waals surface area contributed by atoms with Crippen molar-refractivity contribution in [2.45, 2.75) is 24.3 Å². The van der Waals surface area contributed by atoms with Gasteiger partial charge in [-0.2, -0.15) is 4.31 Å². The van der Waals surface area contributed by atoms with Crippen LogP contribution in [0.4, 0.5) is 5.69 Å². The smallest absolute Gasteiger partial charge is 0.243 e. The van der Waals surface area contributed by atoms with E-state index in [1.807, 2.05) is 0 Å². The van der Waals surface area contributed by atoms with E-state index < -0.39 is 10.0 Å². The van der Waals surface area contributed by atoms with Crippen LogP contribution in [0.3, 0.4) is 0 Å². The van der Waals surface area contributed by atoms with E-state index >= 15 is 0 Å². The highest BCUT2D eigenvalue weighted by atomic mass is 35.5. The van der Waals surface area contributed by atoms with Crippen molar-refractivity contribution < 1.29 is 17.9 Å². The first-order valence-electron chi connectivity index (χ1n) is 7.66. The highest BCUT2D eigenvalue weighted by molar-refractivity contribution is 7.89. The first kappa shape index (κ1) is 19.1. The Morgan fingerprint density at radius 1 is 1.38 bits per heavy atom. The predicted octanol–water partition coefficient (Wildman–Crippen LogP) is 0.366. The van der Waals surface area contributed by atoms with Gasteiger partial charge in [0.25, 0.3) is 0 Å². The lowest BCUT2D eigenvalue weighted by Crippen LogP contribution is -2.48. The van der Waals surface area contributed by atoms with Crippen LogP contribution in [-0.4, -0.2) is 57.5 Å². The summed E-state index contributed by atoms with van der Waals surface area (Å²) in [6.07, 6.45) is 0.411. The molecule has 24 heavy (non-hydrogen) atoms. The summed E-state index contributed by atoms with van der Waals surface area (Å²) in [5, 5.41) is 0. The molecule has 2 heterocycles. The molecule has 1 fully saturated rings. The molecule has 0 spiro atoms. The SMILES string of the molecule is CC(=O)N1CCc2cc(S(=O)(=O)N3CCOC(CN)C3)ccc21.Cl. The van der Waals surface area contributed by atoms with Crippen LogP contribution in [-0.2, 0) is 26.0 Å². The third-order valence-corrected chi connectivity index (χ3v) is 6.19. The van der Waals surface area contributed by atoms with Gasteiger partial charge in [-0.05, 0) is 30.2 Å². The molecule has 0 radical (unpaired) electrons. The minimum Gasteiger partial charge on any atom is -0.374 e. The van der Waals surface area contributed by atoms with Crippen molar-refractivity contribution in [3.05, 3.63) is 23.8 Å². The van der Waals surface area contributed by atoms with Gasteiger partial charge in [0, 0.05) is 38.8 Å².